The van der Waals surface area contributed by atoms with E-state index in [9.17, 15) is 14.9 Å². The molecule has 2 aromatic rings. The summed E-state index contributed by atoms with van der Waals surface area (Å²) in [7, 11) is 0. The van der Waals surface area contributed by atoms with Gasteiger partial charge >= 0.3 is 0 Å². The molecule has 2 rings (SSSR count). The molecule has 1 atom stereocenters. The van der Waals surface area contributed by atoms with Crippen LogP contribution in [0.3, 0.4) is 0 Å². The number of unbranched alkanes of at least 4 members (excludes halogenated alkanes) is 2. The highest BCUT2D eigenvalue weighted by Gasteiger charge is 2.22. The highest BCUT2D eigenvalue weighted by molar-refractivity contribution is 5.89. The van der Waals surface area contributed by atoms with Crippen molar-refractivity contribution >= 4 is 16.6 Å². The number of rotatable bonds is 13. The van der Waals surface area contributed by atoms with E-state index < -0.39 is 4.92 Å². The summed E-state index contributed by atoms with van der Waals surface area (Å²) in [6.07, 6.45) is 5.56. The summed E-state index contributed by atoms with van der Waals surface area (Å²) in [5, 5.41) is 12.0. The first-order chi connectivity index (χ1) is 14.4. The van der Waals surface area contributed by atoms with Gasteiger partial charge in [0.1, 0.15) is 0 Å². The van der Waals surface area contributed by atoms with Gasteiger partial charge < -0.3 is 14.0 Å². The summed E-state index contributed by atoms with van der Waals surface area (Å²) in [4.78, 5) is 24.3. The van der Waals surface area contributed by atoms with Gasteiger partial charge in [0.15, 0.2) is 5.75 Å². The first-order valence-electron chi connectivity index (χ1n) is 11.0. The van der Waals surface area contributed by atoms with Crippen molar-refractivity contribution in [2.45, 2.75) is 72.8 Å². The van der Waals surface area contributed by atoms with E-state index in [1.807, 2.05) is 6.92 Å². The van der Waals surface area contributed by atoms with Crippen molar-refractivity contribution in [3.05, 3.63) is 38.7 Å². The van der Waals surface area contributed by atoms with Gasteiger partial charge in [-0.3, -0.25) is 14.9 Å². The molecular formula is C23H34N2O5. The van der Waals surface area contributed by atoms with Crippen LogP contribution < -0.4 is 15.0 Å². The van der Waals surface area contributed by atoms with E-state index in [1.54, 1.807) is 10.6 Å². The summed E-state index contributed by atoms with van der Waals surface area (Å²) < 4.78 is 13.6. The smallest absolute Gasteiger partial charge is 0.297 e. The van der Waals surface area contributed by atoms with Crippen molar-refractivity contribution in [3.63, 3.8) is 0 Å². The number of benzene rings is 1. The molecule has 1 unspecified atom stereocenters. The van der Waals surface area contributed by atoms with Crippen LogP contribution in [0.5, 0.6) is 11.5 Å². The molecule has 0 bridgehead atoms. The number of aromatic nitrogens is 1. The van der Waals surface area contributed by atoms with E-state index in [4.69, 9.17) is 9.47 Å². The normalized spacial score (nSPS) is 12.1. The molecule has 0 saturated carbocycles. The molecule has 1 aromatic heterocycles. The monoisotopic (exact) mass is 418 g/mol. The number of non-ortho nitro benzene ring substituents is 1. The molecule has 0 N–H and O–H groups in total. The molecule has 0 aliphatic carbocycles. The van der Waals surface area contributed by atoms with Crippen molar-refractivity contribution in [1.29, 1.82) is 0 Å². The van der Waals surface area contributed by atoms with Crippen molar-refractivity contribution in [2.24, 2.45) is 5.92 Å². The lowest BCUT2D eigenvalue weighted by Crippen LogP contribution is -2.25. The number of fused-ring (bicyclic) bond motifs is 1. The van der Waals surface area contributed by atoms with Gasteiger partial charge in [-0.1, -0.05) is 47.0 Å². The Morgan fingerprint density at radius 1 is 1.07 bits per heavy atom. The first-order valence-corrected chi connectivity index (χ1v) is 11.0. The van der Waals surface area contributed by atoms with Gasteiger partial charge in [0.2, 0.25) is 5.75 Å². The van der Waals surface area contributed by atoms with E-state index in [-0.39, 0.29) is 17.0 Å². The summed E-state index contributed by atoms with van der Waals surface area (Å²) in [5.74, 6) is 0.927. The minimum atomic E-state index is -0.442. The van der Waals surface area contributed by atoms with Crippen molar-refractivity contribution in [3.8, 4) is 11.5 Å². The van der Waals surface area contributed by atoms with E-state index in [2.05, 4.69) is 20.8 Å². The van der Waals surface area contributed by atoms with Crippen LogP contribution in [0.2, 0.25) is 0 Å². The minimum absolute atomic E-state index is 0.0445. The third kappa shape index (κ3) is 5.74. The lowest BCUT2D eigenvalue weighted by atomic mass is 10.1. The number of ether oxygens (including phenoxy) is 2. The molecule has 0 radical (unpaired) electrons. The van der Waals surface area contributed by atoms with Gasteiger partial charge in [-0.15, -0.1) is 0 Å². The third-order valence-corrected chi connectivity index (χ3v) is 5.15. The maximum atomic E-state index is 13.4. The number of hydrogen-bond acceptors (Lipinski definition) is 5. The highest BCUT2D eigenvalue weighted by atomic mass is 16.6. The van der Waals surface area contributed by atoms with Crippen molar-refractivity contribution in [2.75, 3.05) is 13.2 Å². The van der Waals surface area contributed by atoms with E-state index in [0.29, 0.717) is 42.3 Å². The Morgan fingerprint density at radius 2 is 1.80 bits per heavy atom. The topological polar surface area (TPSA) is 83.6 Å². The number of nitro benzene ring substituents is 1. The Labute approximate surface area is 178 Å². The quantitative estimate of drug-likeness (QED) is 0.236. The van der Waals surface area contributed by atoms with Crippen LogP contribution in [0.15, 0.2) is 23.0 Å². The zero-order chi connectivity index (χ0) is 22.1. The predicted octanol–water partition coefficient (Wildman–Crippen LogP) is 5.70. The average Bonchev–Trinajstić information content (AvgIpc) is 2.72. The standard InChI is InChI=1S/C23H34N2O5/c1-5-8-13-24-20-15-18(25(27)28)11-12-19(20)21(29-14-9-6-2)22(23(24)26)30-16-17(4)10-7-3/h11-12,15,17H,5-10,13-14,16H2,1-4H3. The van der Waals surface area contributed by atoms with Gasteiger partial charge in [-0.25, -0.2) is 0 Å². The fourth-order valence-electron chi connectivity index (χ4n) is 3.43. The molecule has 166 valence electrons. The average molecular weight is 419 g/mol. The van der Waals surface area contributed by atoms with Gasteiger partial charge in [-0.2, -0.15) is 0 Å². The zero-order valence-electron chi connectivity index (χ0n) is 18.6. The fourth-order valence-corrected chi connectivity index (χ4v) is 3.43. The predicted molar refractivity (Wildman–Crippen MR) is 120 cm³/mol. The molecule has 0 amide bonds. The maximum absolute atomic E-state index is 13.4. The summed E-state index contributed by atoms with van der Waals surface area (Å²) in [6, 6.07) is 4.58. The van der Waals surface area contributed by atoms with Gasteiger partial charge in [0.05, 0.1) is 23.7 Å². The second-order valence-electron chi connectivity index (χ2n) is 7.83. The fraction of sp³-hybridized carbons (Fsp3) is 0.609. The largest absolute Gasteiger partial charge is 0.489 e. The van der Waals surface area contributed by atoms with E-state index >= 15 is 0 Å². The molecule has 7 nitrogen and oxygen atoms in total. The second-order valence-corrected chi connectivity index (χ2v) is 7.83. The molecule has 0 spiro atoms. The lowest BCUT2D eigenvalue weighted by molar-refractivity contribution is -0.384. The van der Waals surface area contributed by atoms with Crippen LogP contribution >= 0.6 is 0 Å². The lowest BCUT2D eigenvalue weighted by Gasteiger charge is -2.20. The molecule has 0 aliphatic heterocycles. The molecular weight excluding hydrogens is 384 g/mol. The second kappa shape index (κ2) is 11.6. The SMILES string of the molecule is CCCCOc1c(OCC(C)CCC)c(=O)n(CCCC)c2cc([N+](=O)[O-])ccc12. The molecule has 0 fully saturated rings. The maximum Gasteiger partial charge on any atom is 0.297 e. The number of hydrogen-bond donors (Lipinski definition) is 0. The highest BCUT2D eigenvalue weighted by Crippen LogP contribution is 2.35. The van der Waals surface area contributed by atoms with Crippen LogP contribution in [0.25, 0.3) is 10.9 Å². The summed E-state index contributed by atoms with van der Waals surface area (Å²) >= 11 is 0. The van der Waals surface area contributed by atoms with Crippen LogP contribution in [0.1, 0.15) is 66.2 Å². The molecule has 0 saturated heterocycles. The Kier molecular flexibility index (Phi) is 9.15. The summed E-state index contributed by atoms with van der Waals surface area (Å²) in [6.45, 7) is 9.70. The van der Waals surface area contributed by atoms with E-state index in [1.165, 1.54) is 12.1 Å². The Morgan fingerprint density at radius 3 is 2.43 bits per heavy atom. The zero-order valence-corrected chi connectivity index (χ0v) is 18.6. The van der Waals surface area contributed by atoms with Crippen LogP contribution in [-0.2, 0) is 6.54 Å². The van der Waals surface area contributed by atoms with Crippen LogP contribution in [0.4, 0.5) is 5.69 Å². The number of nitro groups is 1. The van der Waals surface area contributed by atoms with Gasteiger partial charge in [-0.05, 0) is 31.2 Å². The van der Waals surface area contributed by atoms with Gasteiger partial charge in [0.25, 0.3) is 11.2 Å². The first kappa shape index (κ1) is 23.7. The summed E-state index contributed by atoms with van der Waals surface area (Å²) in [5.41, 5.74) is 0.187. The number of aryl methyl sites for hydroxylation is 1. The van der Waals surface area contributed by atoms with Gasteiger partial charge in [0, 0.05) is 24.1 Å². The van der Waals surface area contributed by atoms with E-state index in [0.717, 1.165) is 38.5 Å². The molecule has 0 aliphatic rings. The van der Waals surface area contributed by atoms with Crippen molar-refractivity contribution < 1.29 is 14.4 Å². The molecule has 7 heteroatoms. The Bertz CT molecular complexity index is 907. The molecule has 30 heavy (non-hydrogen) atoms. The van der Waals surface area contributed by atoms with Crippen molar-refractivity contribution in [1.82, 2.24) is 4.57 Å². The molecule has 1 aromatic carbocycles. The van der Waals surface area contributed by atoms with Crippen LogP contribution in [0, 0.1) is 16.0 Å². The number of nitrogens with zero attached hydrogens (tertiary/aromatic N) is 2. The third-order valence-electron chi connectivity index (χ3n) is 5.15. The molecule has 1 heterocycles. The Hall–Kier alpha value is -2.57. The number of pyridine rings is 1. The van der Waals surface area contributed by atoms with Crippen LogP contribution in [-0.4, -0.2) is 22.7 Å². The Balaban J connectivity index is 2.65. The minimum Gasteiger partial charge on any atom is -0.489 e.